The number of benzene rings is 7. The molecule has 0 spiro atoms. The molecular weight excluding hydrogens is 625 g/mol. The van der Waals surface area contributed by atoms with E-state index in [0.717, 1.165) is 77.2 Å². The van der Waals surface area contributed by atoms with Crippen LogP contribution in [0.4, 0.5) is 0 Å². The van der Waals surface area contributed by atoms with Crippen LogP contribution in [-0.2, 0) is 0 Å². The van der Waals surface area contributed by atoms with E-state index in [1.54, 1.807) is 0 Å². The van der Waals surface area contributed by atoms with Crippen molar-refractivity contribution in [1.82, 2.24) is 9.55 Å². The van der Waals surface area contributed by atoms with Gasteiger partial charge in [-0.1, -0.05) is 84.9 Å². The third-order valence-corrected chi connectivity index (χ3v) is 10.2. The Hall–Kier alpha value is -6.91. The molecule has 7 aromatic carbocycles. The van der Waals surface area contributed by atoms with Crippen LogP contribution in [-0.4, -0.2) is 9.55 Å². The largest absolute Gasteiger partial charge is 0.456 e. The summed E-state index contributed by atoms with van der Waals surface area (Å²) in [5.74, 6) is 0. The molecule has 0 fully saturated rings. The van der Waals surface area contributed by atoms with Crippen LogP contribution in [0.25, 0.3) is 105 Å². The molecule has 0 aliphatic heterocycles. The number of furan rings is 2. The summed E-state index contributed by atoms with van der Waals surface area (Å²) in [6.45, 7) is 0. The van der Waals surface area contributed by atoms with E-state index in [2.05, 4.69) is 150 Å². The second kappa shape index (κ2) is 10.8. The number of pyridine rings is 1. The van der Waals surface area contributed by atoms with Gasteiger partial charge < -0.3 is 8.83 Å². The van der Waals surface area contributed by atoms with Crippen molar-refractivity contribution < 1.29 is 8.83 Å². The molecule has 0 amide bonds. The molecule has 4 heterocycles. The van der Waals surface area contributed by atoms with Crippen LogP contribution in [0.2, 0.25) is 0 Å². The van der Waals surface area contributed by atoms with E-state index in [1.165, 1.54) is 27.6 Å². The molecular formula is C47H28N2O2. The van der Waals surface area contributed by atoms with Crippen LogP contribution >= 0.6 is 0 Å². The van der Waals surface area contributed by atoms with E-state index in [4.69, 9.17) is 13.8 Å². The van der Waals surface area contributed by atoms with Crippen molar-refractivity contribution in [3.63, 3.8) is 0 Å². The Bertz CT molecular complexity index is 3110. The summed E-state index contributed by atoms with van der Waals surface area (Å²) in [6, 6.07) is 57.9. The highest BCUT2D eigenvalue weighted by Crippen LogP contribution is 2.38. The van der Waals surface area contributed by atoms with Crippen molar-refractivity contribution in [2.24, 2.45) is 0 Å². The van der Waals surface area contributed by atoms with Gasteiger partial charge in [-0.05, 0) is 112 Å². The summed E-state index contributed by atoms with van der Waals surface area (Å²) < 4.78 is 14.7. The molecule has 0 N–H and O–H groups in total. The number of hydrogen-bond donors (Lipinski definition) is 0. The highest BCUT2D eigenvalue weighted by atomic mass is 16.3. The van der Waals surface area contributed by atoms with Crippen LogP contribution in [0.3, 0.4) is 0 Å². The fraction of sp³-hybridized carbons (Fsp3) is 0. The number of rotatable bonds is 4. The predicted molar refractivity (Wildman–Crippen MR) is 209 cm³/mol. The topological polar surface area (TPSA) is 44.1 Å². The van der Waals surface area contributed by atoms with Gasteiger partial charge in [-0.25, -0.2) is 4.98 Å². The van der Waals surface area contributed by atoms with Crippen molar-refractivity contribution in [2.75, 3.05) is 0 Å². The second-order valence-corrected chi connectivity index (χ2v) is 13.2. The molecule has 238 valence electrons. The van der Waals surface area contributed by atoms with E-state index in [0.29, 0.717) is 0 Å². The van der Waals surface area contributed by atoms with Crippen LogP contribution < -0.4 is 0 Å². The van der Waals surface area contributed by atoms with Gasteiger partial charge >= 0.3 is 0 Å². The number of fused-ring (bicyclic) bond motifs is 9. The maximum absolute atomic E-state index is 6.35. The van der Waals surface area contributed by atoms with Crippen LogP contribution in [0.1, 0.15) is 0 Å². The summed E-state index contributed by atoms with van der Waals surface area (Å²) >= 11 is 0. The van der Waals surface area contributed by atoms with Gasteiger partial charge in [0, 0.05) is 44.2 Å². The lowest BCUT2D eigenvalue weighted by Crippen LogP contribution is -1.94. The molecule has 51 heavy (non-hydrogen) atoms. The van der Waals surface area contributed by atoms with Gasteiger partial charge in [0.05, 0.1) is 5.52 Å². The number of para-hydroxylation sites is 2. The minimum absolute atomic E-state index is 0.867. The minimum Gasteiger partial charge on any atom is -0.456 e. The third kappa shape index (κ3) is 4.37. The Morgan fingerprint density at radius 2 is 0.863 bits per heavy atom. The predicted octanol–water partition coefficient (Wildman–Crippen LogP) is 13.0. The quantitative estimate of drug-likeness (QED) is 0.190. The Morgan fingerprint density at radius 3 is 1.55 bits per heavy atom. The van der Waals surface area contributed by atoms with E-state index in [-0.39, 0.29) is 0 Å². The van der Waals surface area contributed by atoms with Crippen molar-refractivity contribution in [2.45, 2.75) is 0 Å². The lowest BCUT2D eigenvalue weighted by molar-refractivity contribution is 0.668. The van der Waals surface area contributed by atoms with E-state index in [1.807, 2.05) is 24.4 Å². The highest BCUT2D eigenvalue weighted by molar-refractivity contribution is 6.10. The summed E-state index contributed by atoms with van der Waals surface area (Å²) in [5, 5.41) is 6.78. The monoisotopic (exact) mass is 652 g/mol. The van der Waals surface area contributed by atoms with Crippen LogP contribution in [0, 0.1) is 0 Å². The molecule has 0 saturated carbocycles. The molecule has 4 aromatic heterocycles. The Kier molecular flexibility index (Phi) is 5.92. The minimum atomic E-state index is 0.867. The molecule has 0 aliphatic carbocycles. The summed E-state index contributed by atoms with van der Waals surface area (Å²) in [4.78, 5) is 4.79. The van der Waals surface area contributed by atoms with Gasteiger partial charge in [0.15, 0.2) is 0 Å². The molecule has 0 saturated heterocycles. The van der Waals surface area contributed by atoms with Crippen LogP contribution in [0.15, 0.2) is 179 Å². The zero-order chi connectivity index (χ0) is 33.5. The van der Waals surface area contributed by atoms with Crippen molar-refractivity contribution >= 4 is 65.8 Å². The maximum atomic E-state index is 6.35. The first-order chi connectivity index (χ1) is 25.2. The molecule has 4 heteroatoms. The maximum Gasteiger partial charge on any atom is 0.145 e. The van der Waals surface area contributed by atoms with Gasteiger partial charge in [-0.15, -0.1) is 0 Å². The third-order valence-electron chi connectivity index (χ3n) is 10.2. The molecule has 0 aliphatic rings. The Balaban J connectivity index is 0.989. The average Bonchev–Trinajstić information content (AvgIpc) is 3.86. The number of aromatic nitrogens is 2. The first kappa shape index (κ1) is 28.0. The first-order valence-corrected chi connectivity index (χ1v) is 17.2. The van der Waals surface area contributed by atoms with E-state index >= 15 is 0 Å². The lowest BCUT2D eigenvalue weighted by atomic mass is 9.95. The molecule has 4 nitrogen and oxygen atoms in total. The van der Waals surface area contributed by atoms with Crippen LogP contribution in [0.5, 0.6) is 0 Å². The smallest absolute Gasteiger partial charge is 0.145 e. The molecule has 0 atom stereocenters. The standard InChI is InChI=1S/C47H28N2O2/c1-3-15-42-36(12-1)38-14-7-23-48-47(38)49(42)35-19-22-46-41(28-35)40-27-34(18-21-45(40)51-46)32-11-6-9-30(25-32)29-8-5-10-31(24-29)33-17-20-44-39(26-33)37-13-2-4-16-43(37)50-44/h1-28H. The molecule has 11 aromatic rings. The zero-order valence-electron chi connectivity index (χ0n) is 27.4. The van der Waals surface area contributed by atoms with Gasteiger partial charge in [-0.3, -0.25) is 4.57 Å². The lowest BCUT2D eigenvalue weighted by Gasteiger charge is -2.09. The molecule has 0 unspecified atom stereocenters. The molecule has 0 bridgehead atoms. The summed E-state index contributed by atoms with van der Waals surface area (Å²) in [5.41, 5.74) is 13.7. The summed E-state index contributed by atoms with van der Waals surface area (Å²) in [6.07, 6.45) is 1.86. The highest BCUT2D eigenvalue weighted by Gasteiger charge is 2.16. The Labute approximate surface area is 292 Å². The van der Waals surface area contributed by atoms with Gasteiger partial charge in [-0.2, -0.15) is 0 Å². The van der Waals surface area contributed by atoms with Gasteiger partial charge in [0.2, 0.25) is 0 Å². The number of nitrogens with zero attached hydrogens (tertiary/aromatic N) is 2. The van der Waals surface area contributed by atoms with Gasteiger partial charge in [0.25, 0.3) is 0 Å². The summed E-state index contributed by atoms with van der Waals surface area (Å²) in [7, 11) is 0. The average molecular weight is 653 g/mol. The molecule has 11 rings (SSSR count). The van der Waals surface area contributed by atoms with Crippen molar-refractivity contribution in [3.8, 4) is 39.1 Å². The second-order valence-electron chi connectivity index (χ2n) is 13.2. The van der Waals surface area contributed by atoms with Crippen molar-refractivity contribution in [3.05, 3.63) is 170 Å². The van der Waals surface area contributed by atoms with Gasteiger partial charge in [0.1, 0.15) is 28.0 Å². The zero-order valence-corrected chi connectivity index (χ0v) is 27.4. The Morgan fingerprint density at radius 1 is 0.353 bits per heavy atom. The first-order valence-electron chi connectivity index (χ1n) is 17.2. The number of hydrogen-bond acceptors (Lipinski definition) is 3. The van der Waals surface area contributed by atoms with E-state index in [9.17, 15) is 0 Å². The fourth-order valence-corrected chi connectivity index (χ4v) is 7.80. The molecule has 0 radical (unpaired) electrons. The fourth-order valence-electron chi connectivity index (χ4n) is 7.80. The SMILES string of the molecule is c1cc(-c2cccc(-c3ccc4oc5ccc(-n6c7ccccc7c7cccnc76)cc5c4c3)c2)cc(-c2ccc3oc4ccccc4c3c2)c1. The van der Waals surface area contributed by atoms with E-state index < -0.39 is 0 Å². The van der Waals surface area contributed by atoms with Crippen molar-refractivity contribution in [1.29, 1.82) is 0 Å². The normalized spacial score (nSPS) is 11.9.